The summed E-state index contributed by atoms with van der Waals surface area (Å²) in [5.41, 5.74) is 0.638. The number of hydrogen-bond acceptors (Lipinski definition) is 3. The zero-order valence-corrected chi connectivity index (χ0v) is 12.7. The van der Waals surface area contributed by atoms with Crippen molar-refractivity contribution in [2.45, 2.75) is 0 Å². The zero-order chi connectivity index (χ0) is 13.9. The van der Waals surface area contributed by atoms with Gasteiger partial charge in [-0.25, -0.2) is 8.42 Å². The average Bonchev–Trinajstić information content (AvgIpc) is 2.47. The van der Waals surface area contributed by atoms with Crippen LogP contribution in [0.2, 0.25) is 0 Å². The summed E-state index contributed by atoms with van der Waals surface area (Å²) < 4.78 is 24.7. The van der Waals surface area contributed by atoms with Gasteiger partial charge in [-0.3, -0.25) is 4.79 Å². The Balaban J connectivity index is 1.99. The number of sulfonamides is 1. The Morgan fingerprint density at radius 1 is 1.11 bits per heavy atom. The molecular weight excluding hydrogens is 332 g/mol. The molecule has 1 aromatic rings. The lowest BCUT2D eigenvalue weighted by Gasteiger charge is -2.33. The average molecular weight is 347 g/mol. The standard InChI is InChI=1S/C12H15BrN2O3S/c13-10-19(17,18)15-8-6-14(7-9-15)12(16)11-4-2-1-3-5-11/h1-5H,6-10H2. The lowest BCUT2D eigenvalue weighted by atomic mass is 10.2. The zero-order valence-electron chi connectivity index (χ0n) is 10.3. The third-order valence-corrected chi connectivity index (χ3v) is 6.24. The van der Waals surface area contributed by atoms with Gasteiger partial charge < -0.3 is 4.90 Å². The van der Waals surface area contributed by atoms with E-state index in [2.05, 4.69) is 15.9 Å². The predicted octanol–water partition coefficient (Wildman–Crippen LogP) is 1.13. The van der Waals surface area contributed by atoms with Crippen LogP contribution < -0.4 is 0 Å². The van der Waals surface area contributed by atoms with Crippen molar-refractivity contribution in [3.63, 3.8) is 0 Å². The maximum absolute atomic E-state index is 12.2. The van der Waals surface area contributed by atoms with Gasteiger partial charge in [0.05, 0.1) is 0 Å². The van der Waals surface area contributed by atoms with E-state index in [1.54, 1.807) is 17.0 Å². The molecule has 1 amide bonds. The van der Waals surface area contributed by atoms with E-state index in [1.165, 1.54) is 4.31 Å². The monoisotopic (exact) mass is 346 g/mol. The highest BCUT2D eigenvalue weighted by Crippen LogP contribution is 2.12. The van der Waals surface area contributed by atoms with Gasteiger partial charge in [-0.15, -0.1) is 0 Å². The number of carbonyl (C=O) groups is 1. The number of amides is 1. The predicted molar refractivity (Wildman–Crippen MR) is 76.6 cm³/mol. The molecule has 0 spiro atoms. The van der Waals surface area contributed by atoms with Crippen LogP contribution in [0, 0.1) is 0 Å². The lowest BCUT2D eigenvalue weighted by molar-refractivity contribution is 0.0698. The van der Waals surface area contributed by atoms with Gasteiger partial charge in [-0.2, -0.15) is 4.31 Å². The molecule has 1 fully saturated rings. The number of piperazine rings is 1. The van der Waals surface area contributed by atoms with Gasteiger partial charge in [-0.1, -0.05) is 34.1 Å². The largest absolute Gasteiger partial charge is 0.336 e. The minimum Gasteiger partial charge on any atom is -0.336 e. The molecule has 0 aliphatic carbocycles. The van der Waals surface area contributed by atoms with E-state index < -0.39 is 10.0 Å². The first kappa shape index (κ1) is 14.5. The Kier molecular flexibility index (Phi) is 4.59. The van der Waals surface area contributed by atoms with Crippen molar-refractivity contribution < 1.29 is 13.2 Å². The van der Waals surface area contributed by atoms with E-state index >= 15 is 0 Å². The van der Waals surface area contributed by atoms with Crippen LogP contribution in [-0.4, -0.2) is 54.4 Å². The van der Waals surface area contributed by atoms with Crippen molar-refractivity contribution in [1.29, 1.82) is 0 Å². The third-order valence-electron chi connectivity index (χ3n) is 3.08. The Hall–Kier alpha value is -0.920. The number of hydrogen-bond donors (Lipinski definition) is 0. The normalized spacial score (nSPS) is 17.4. The Labute approximate surface area is 121 Å². The molecule has 1 heterocycles. The van der Waals surface area contributed by atoms with Crippen molar-refractivity contribution in [3.8, 4) is 0 Å². The van der Waals surface area contributed by atoms with Crippen molar-refractivity contribution >= 4 is 31.9 Å². The molecule has 5 nitrogen and oxygen atoms in total. The summed E-state index contributed by atoms with van der Waals surface area (Å²) in [6.07, 6.45) is 0. The summed E-state index contributed by atoms with van der Waals surface area (Å²) in [4.78, 5) is 13.9. The van der Waals surface area contributed by atoms with Crippen LogP contribution in [0.5, 0.6) is 0 Å². The summed E-state index contributed by atoms with van der Waals surface area (Å²) in [5, 5.41) is 0. The molecule has 0 atom stereocenters. The number of halogens is 1. The Morgan fingerprint density at radius 2 is 1.68 bits per heavy atom. The minimum atomic E-state index is -3.22. The van der Waals surface area contributed by atoms with Crippen LogP contribution in [0.15, 0.2) is 30.3 Å². The molecule has 0 radical (unpaired) electrons. The summed E-state index contributed by atoms with van der Waals surface area (Å²) in [7, 11) is -3.22. The molecule has 1 saturated heterocycles. The first-order valence-corrected chi connectivity index (χ1v) is 8.66. The molecule has 2 rings (SSSR count). The number of alkyl halides is 1. The van der Waals surface area contributed by atoms with E-state index in [0.29, 0.717) is 31.7 Å². The molecule has 0 bridgehead atoms. The molecular formula is C12H15BrN2O3S. The molecule has 0 aromatic heterocycles. The quantitative estimate of drug-likeness (QED) is 0.771. The van der Waals surface area contributed by atoms with E-state index in [4.69, 9.17) is 0 Å². The second-order valence-corrected chi connectivity index (χ2v) is 7.55. The SMILES string of the molecule is O=C(c1ccccc1)N1CCN(S(=O)(=O)CBr)CC1. The van der Waals surface area contributed by atoms with Gasteiger partial charge >= 0.3 is 0 Å². The molecule has 0 N–H and O–H groups in total. The van der Waals surface area contributed by atoms with Gasteiger partial charge in [0.2, 0.25) is 10.0 Å². The molecule has 1 aliphatic heterocycles. The fourth-order valence-electron chi connectivity index (χ4n) is 2.00. The Morgan fingerprint density at radius 3 is 2.21 bits per heavy atom. The van der Waals surface area contributed by atoms with Crippen molar-refractivity contribution in [1.82, 2.24) is 9.21 Å². The Bertz CT molecular complexity index is 539. The second-order valence-electron chi connectivity index (χ2n) is 4.28. The lowest BCUT2D eigenvalue weighted by Crippen LogP contribution is -2.50. The van der Waals surface area contributed by atoms with Crippen LogP contribution in [-0.2, 0) is 10.0 Å². The van der Waals surface area contributed by atoms with Gasteiger partial charge in [0.1, 0.15) is 4.66 Å². The summed E-state index contributed by atoms with van der Waals surface area (Å²) in [6, 6.07) is 9.03. The van der Waals surface area contributed by atoms with Gasteiger partial charge in [0.25, 0.3) is 5.91 Å². The second kappa shape index (κ2) is 6.02. The number of nitrogens with zero attached hydrogens (tertiary/aromatic N) is 2. The fraction of sp³-hybridized carbons (Fsp3) is 0.417. The summed E-state index contributed by atoms with van der Waals surface area (Å²) in [5.74, 6) is -0.0449. The highest BCUT2D eigenvalue weighted by Gasteiger charge is 2.28. The molecule has 1 aromatic carbocycles. The molecule has 0 saturated carbocycles. The van der Waals surface area contributed by atoms with Gasteiger partial charge in [-0.05, 0) is 12.1 Å². The topological polar surface area (TPSA) is 57.7 Å². The van der Waals surface area contributed by atoms with Crippen LogP contribution in [0.25, 0.3) is 0 Å². The van der Waals surface area contributed by atoms with Crippen LogP contribution >= 0.6 is 15.9 Å². The number of carbonyl (C=O) groups excluding carboxylic acids is 1. The minimum absolute atomic E-state index is 0.0449. The highest BCUT2D eigenvalue weighted by molar-refractivity contribution is 9.10. The maximum Gasteiger partial charge on any atom is 0.253 e. The molecule has 7 heteroatoms. The van der Waals surface area contributed by atoms with Crippen molar-refractivity contribution in [3.05, 3.63) is 35.9 Å². The van der Waals surface area contributed by atoms with Crippen molar-refractivity contribution in [2.24, 2.45) is 0 Å². The first-order chi connectivity index (χ1) is 9.04. The summed E-state index contributed by atoms with van der Waals surface area (Å²) >= 11 is 2.98. The summed E-state index contributed by atoms with van der Waals surface area (Å²) in [6.45, 7) is 1.57. The van der Waals surface area contributed by atoms with E-state index in [0.717, 1.165) is 0 Å². The van der Waals surface area contributed by atoms with E-state index in [1.807, 2.05) is 18.2 Å². The van der Waals surface area contributed by atoms with Gasteiger partial charge in [0.15, 0.2) is 0 Å². The van der Waals surface area contributed by atoms with Crippen molar-refractivity contribution in [2.75, 3.05) is 30.8 Å². The fourth-order valence-corrected chi connectivity index (χ4v) is 3.73. The number of rotatable bonds is 3. The maximum atomic E-state index is 12.2. The van der Waals surface area contributed by atoms with Crippen LogP contribution in [0.1, 0.15) is 10.4 Å². The third kappa shape index (κ3) is 3.34. The molecule has 0 unspecified atom stereocenters. The highest BCUT2D eigenvalue weighted by atomic mass is 79.9. The smallest absolute Gasteiger partial charge is 0.253 e. The molecule has 19 heavy (non-hydrogen) atoms. The van der Waals surface area contributed by atoms with Crippen LogP contribution in [0.3, 0.4) is 0 Å². The molecule has 1 aliphatic rings. The van der Waals surface area contributed by atoms with E-state index in [9.17, 15) is 13.2 Å². The number of benzene rings is 1. The van der Waals surface area contributed by atoms with Crippen LogP contribution in [0.4, 0.5) is 0 Å². The van der Waals surface area contributed by atoms with Gasteiger partial charge in [0, 0.05) is 31.7 Å². The van der Waals surface area contributed by atoms with E-state index in [-0.39, 0.29) is 10.6 Å². The molecule has 104 valence electrons. The first-order valence-electron chi connectivity index (χ1n) is 5.93.